The van der Waals surface area contributed by atoms with E-state index >= 15 is 0 Å². The average Bonchev–Trinajstić information content (AvgIpc) is 2.57. The van der Waals surface area contributed by atoms with Crippen molar-refractivity contribution >= 4 is 6.03 Å². The predicted molar refractivity (Wildman–Crippen MR) is 79.6 cm³/mol. The number of hydrogen-bond donors (Lipinski definition) is 1. The highest BCUT2D eigenvalue weighted by molar-refractivity contribution is 5.74. The topological polar surface area (TPSA) is 76.6 Å². The fourth-order valence-electron chi connectivity index (χ4n) is 2.82. The minimum Gasteiger partial charge on any atom is -0.458 e. The van der Waals surface area contributed by atoms with Crippen LogP contribution in [0.25, 0.3) is 0 Å². The fourth-order valence-corrected chi connectivity index (χ4v) is 2.82. The normalized spacial score (nSPS) is 23.1. The first kappa shape index (κ1) is 15.0. The van der Waals surface area contributed by atoms with Crippen LogP contribution in [0.2, 0.25) is 0 Å². The van der Waals surface area contributed by atoms with Crippen molar-refractivity contribution in [3.05, 3.63) is 18.5 Å². The summed E-state index contributed by atoms with van der Waals surface area (Å²) < 4.78 is 11.1. The molecule has 7 heteroatoms. The molecule has 120 valence electrons. The number of carbonyl (C=O) groups is 1. The van der Waals surface area contributed by atoms with Crippen LogP contribution in [0.3, 0.4) is 0 Å². The van der Waals surface area contributed by atoms with E-state index in [9.17, 15) is 4.79 Å². The first-order valence-corrected chi connectivity index (χ1v) is 7.88. The Balaban J connectivity index is 1.50. The van der Waals surface area contributed by atoms with Gasteiger partial charge in [-0.3, -0.25) is 0 Å². The van der Waals surface area contributed by atoms with Crippen LogP contribution in [-0.2, 0) is 4.74 Å². The summed E-state index contributed by atoms with van der Waals surface area (Å²) in [5.41, 5.74) is 0. The third-order valence-electron chi connectivity index (χ3n) is 4.03. The smallest absolute Gasteiger partial charge is 0.317 e. The van der Waals surface area contributed by atoms with Crippen LogP contribution in [0.15, 0.2) is 18.5 Å². The molecule has 2 aliphatic rings. The summed E-state index contributed by atoms with van der Waals surface area (Å²) in [7, 11) is 0. The molecule has 7 nitrogen and oxygen atoms in total. The summed E-state index contributed by atoms with van der Waals surface area (Å²) in [5, 5.41) is 3.09. The number of nitrogens with zero attached hydrogens (tertiary/aromatic N) is 3. The molecule has 1 N–H and O–H groups in total. The van der Waals surface area contributed by atoms with E-state index in [0.29, 0.717) is 12.6 Å². The van der Waals surface area contributed by atoms with Gasteiger partial charge in [0.2, 0.25) is 0 Å². The van der Waals surface area contributed by atoms with Gasteiger partial charge in [0.05, 0.1) is 6.54 Å². The molecule has 0 radical (unpaired) electrons. The van der Waals surface area contributed by atoms with Crippen molar-refractivity contribution in [1.29, 1.82) is 0 Å². The molecule has 1 aromatic rings. The van der Waals surface area contributed by atoms with Gasteiger partial charge in [0.1, 0.15) is 6.10 Å². The highest BCUT2D eigenvalue weighted by Crippen LogP contribution is 2.16. The van der Waals surface area contributed by atoms with Gasteiger partial charge in [0.25, 0.3) is 0 Å². The molecule has 1 atom stereocenters. The lowest BCUT2D eigenvalue weighted by Crippen LogP contribution is -2.51. The minimum absolute atomic E-state index is 0.00539. The molecular weight excluding hydrogens is 284 g/mol. The first-order valence-electron chi connectivity index (χ1n) is 7.88. The maximum Gasteiger partial charge on any atom is 0.317 e. The number of ether oxygens (including phenoxy) is 2. The molecule has 0 bridgehead atoms. The van der Waals surface area contributed by atoms with Gasteiger partial charge in [-0.05, 0) is 31.7 Å². The first-order chi connectivity index (χ1) is 10.8. The molecule has 22 heavy (non-hydrogen) atoms. The summed E-state index contributed by atoms with van der Waals surface area (Å²) in [4.78, 5) is 22.3. The Morgan fingerprint density at radius 1 is 1.27 bits per heavy atom. The lowest BCUT2D eigenvalue weighted by atomic mass is 10.1. The second-order valence-electron chi connectivity index (χ2n) is 5.70. The van der Waals surface area contributed by atoms with Gasteiger partial charge >= 0.3 is 12.0 Å². The van der Waals surface area contributed by atoms with E-state index in [2.05, 4.69) is 15.3 Å². The van der Waals surface area contributed by atoms with Crippen LogP contribution >= 0.6 is 0 Å². The number of piperidine rings is 1. The molecule has 2 amide bonds. The van der Waals surface area contributed by atoms with Gasteiger partial charge in [-0.2, -0.15) is 0 Å². The van der Waals surface area contributed by atoms with Crippen LogP contribution in [0.4, 0.5) is 4.79 Å². The van der Waals surface area contributed by atoms with Crippen LogP contribution < -0.4 is 10.1 Å². The Labute approximate surface area is 130 Å². The largest absolute Gasteiger partial charge is 0.458 e. The molecule has 2 fully saturated rings. The Hall–Kier alpha value is -1.89. The van der Waals surface area contributed by atoms with Gasteiger partial charge in [-0.25, -0.2) is 14.8 Å². The average molecular weight is 306 g/mol. The lowest BCUT2D eigenvalue weighted by Gasteiger charge is -2.34. The number of aromatic nitrogens is 2. The summed E-state index contributed by atoms with van der Waals surface area (Å²) in [6, 6.07) is 2.34. The van der Waals surface area contributed by atoms with Gasteiger partial charge < -0.3 is 19.7 Å². The molecule has 2 saturated heterocycles. The van der Waals surface area contributed by atoms with Crippen LogP contribution in [-0.4, -0.2) is 59.3 Å². The van der Waals surface area contributed by atoms with Crippen molar-refractivity contribution in [1.82, 2.24) is 20.2 Å². The highest BCUT2D eigenvalue weighted by Gasteiger charge is 2.27. The third kappa shape index (κ3) is 4.07. The molecule has 1 unspecified atom stereocenters. The van der Waals surface area contributed by atoms with E-state index in [0.717, 1.165) is 45.4 Å². The zero-order valence-corrected chi connectivity index (χ0v) is 12.6. The van der Waals surface area contributed by atoms with Crippen LogP contribution in [0.5, 0.6) is 6.01 Å². The quantitative estimate of drug-likeness (QED) is 0.908. The van der Waals surface area contributed by atoms with E-state index < -0.39 is 0 Å². The second kappa shape index (κ2) is 7.40. The monoisotopic (exact) mass is 306 g/mol. The van der Waals surface area contributed by atoms with Gasteiger partial charge in [-0.1, -0.05) is 0 Å². The van der Waals surface area contributed by atoms with Crippen molar-refractivity contribution in [2.45, 2.75) is 37.8 Å². The third-order valence-corrected chi connectivity index (χ3v) is 4.03. The molecule has 1 aromatic heterocycles. The number of likely N-dealkylation sites (tertiary alicyclic amines) is 1. The van der Waals surface area contributed by atoms with E-state index in [1.807, 2.05) is 4.90 Å². The van der Waals surface area contributed by atoms with Crippen molar-refractivity contribution < 1.29 is 14.3 Å². The number of amides is 2. The zero-order chi connectivity index (χ0) is 15.2. The van der Waals surface area contributed by atoms with Crippen LogP contribution in [0, 0.1) is 0 Å². The Morgan fingerprint density at radius 3 is 2.82 bits per heavy atom. The van der Waals surface area contributed by atoms with E-state index in [1.54, 1.807) is 18.5 Å². The Morgan fingerprint density at radius 2 is 2.05 bits per heavy atom. The van der Waals surface area contributed by atoms with Gasteiger partial charge in [-0.15, -0.1) is 0 Å². The number of nitrogens with one attached hydrogen (secondary N) is 1. The lowest BCUT2D eigenvalue weighted by molar-refractivity contribution is 0.0710. The summed E-state index contributed by atoms with van der Waals surface area (Å²) in [6.07, 6.45) is 6.88. The second-order valence-corrected chi connectivity index (χ2v) is 5.70. The molecule has 2 aliphatic heterocycles. The summed E-state index contributed by atoms with van der Waals surface area (Å²) >= 11 is 0. The zero-order valence-electron chi connectivity index (χ0n) is 12.6. The molecule has 0 spiro atoms. The van der Waals surface area contributed by atoms with Crippen LogP contribution in [0.1, 0.15) is 25.7 Å². The van der Waals surface area contributed by atoms with Crippen molar-refractivity contribution in [2.24, 2.45) is 0 Å². The van der Waals surface area contributed by atoms with E-state index in [1.165, 1.54) is 0 Å². The molecule has 0 aromatic carbocycles. The highest BCUT2D eigenvalue weighted by atomic mass is 16.5. The van der Waals surface area contributed by atoms with Crippen molar-refractivity contribution in [3.63, 3.8) is 0 Å². The van der Waals surface area contributed by atoms with Gasteiger partial charge in [0.15, 0.2) is 0 Å². The number of rotatable bonds is 3. The summed E-state index contributed by atoms with van der Waals surface area (Å²) in [5.74, 6) is 0. The van der Waals surface area contributed by atoms with Gasteiger partial charge in [0, 0.05) is 38.2 Å². The Kier molecular flexibility index (Phi) is 5.05. The van der Waals surface area contributed by atoms with E-state index in [4.69, 9.17) is 9.47 Å². The SMILES string of the molecule is O=C(NC1CCOCC1)N1CCCC(Oc2ncccn2)C1. The Bertz CT molecular complexity index is 479. The number of hydrogen-bond acceptors (Lipinski definition) is 5. The van der Waals surface area contributed by atoms with Crippen molar-refractivity contribution in [2.75, 3.05) is 26.3 Å². The predicted octanol–water partition coefficient (Wildman–Crippen LogP) is 1.21. The number of carbonyl (C=O) groups excluding carboxylic acids is 1. The fraction of sp³-hybridized carbons (Fsp3) is 0.667. The molecule has 3 rings (SSSR count). The standard InChI is InChI=1S/C15H22N4O3/c20-15(18-12-4-9-21-10-5-12)19-8-1-3-13(11-19)22-14-16-6-2-7-17-14/h2,6-7,12-13H,1,3-5,8-11H2,(H,18,20). The maximum atomic E-state index is 12.4. The summed E-state index contributed by atoms with van der Waals surface area (Å²) in [6.45, 7) is 2.79. The molecule has 0 saturated carbocycles. The minimum atomic E-state index is -0.0448. The van der Waals surface area contributed by atoms with E-state index in [-0.39, 0.29) is 18.2 Å². The molecular formula is C15H22N4O3. The molecule has 0 aliphatic carbocycles. The van der Waals surface area contributed by atoms with Crippen molar-refractivity contribution in [3.8, 4) is 6.01 Å². The maximum absolute atomic E-state index is 12.4. The molecule has 3 heterocycles. The number of urea groups is 1.